The first kappa shape index (κ1) is 22.0. The number of thiazole rings is 1. The van der Waals surface area contributed by atoms with Gasteiger partial charge in [0.25, 0.3) is 0 Å². The van der Waals surface area contributed by atoms with Crippen LogP contribution in [0.15, 0.2) is 47.8 Å². The molecule has 0 aliphatic carbocycles. The highest BCUT2D eigenvalue weighted by Crippen LogP contribution is 2.26. The van der Waals surface area contributed by atoms with Crippen LogP contribution in [0.4, 0.5) is 5.69 Å². The van der Waals surface area contributed by atoms with Gasteiger partial charge in [0.2, 0.25) is 5.91 Å². The number of benzene rings is 2. The molecule has 7 heteroatoms. The van der Waals surface area contributed by atoms with Crippen LogP contribution in [0.1, 0.15) is 16.8 Å². The van der Waals surface area contributed by atoms with Gasteiger partial charge >= 0.3 is 0 Å². The van der Waals surface area contributed by atoms with Gasteiger partial charge in [-0.25, -0.2) is 4.98 Å². The van der Waals surface area contributed by atoms with Gasteiger partial charge in [0.1, 0.15) is 5.01 Å². The molecule has 5 nitrogen and oxygen atoms in total. The molecule has 4 rings (SSSR count). The van der Waals surface area contributed by atoms with Crippen LogP contribution < -0.4 is 5.32 Å². The Hall–Kier alpha value is -2.25. The summed E-state index contributed by atoms with van der Waals surface area (Å²) < 4.78 is 0. The van der Waals surface area contributed by atoms with Crippen molar-refractivity contribution in [2.24, 2.45) is 0 Å². The third-order valence-electron chi connectivity index (χ3n) is 5.54. The minimum Gasteiger partial charge on any atom is -0.325 e. The number of likely N-dealkylation sites (N-methyl/N-ethyl adjacent to an activating group) is 1. The van der Waals surface area contributed by atoms with E-state index in [0.29, 0.717) is 5.02 Å². The normalized spacial score (nSPS) is 15.2. The molecule has 162 valence electrons. The highest BCUT2D eigenvalue weighted by molar-refractivity contribution is 7.13. The van der Waals surface area contributed by atoms with Crippen molar-refractivity contribution in [2.45, 2.75) is 19.9 Å². The third kappa shape index (κ3) is 5.92. The number of amides is 1. The standard InChI is InChI=1S/C24H27ClN4OS/c1-17-6-7-20(25)13-22(17)27-23(30)14-21-16-31-24(26-21)19-5-3-4-18(12-19)15-29-10-8-28(2)9-11-29/h3-7,12-13,16H,8-11,14-15H2,1-2H3,(H,27,30). The average molecular weight is 455 g/mol. The van der Waals surface area contributed by atoms with E-state index in [4.69, 9.17) is 16.6 Å². The van der Waals surface area contributed by atoms with Gasteiger partial charge in [0.15, 0.2) is 0 Å². The number of piperazine rings is 1. The van der Waals surface area contributed by atoms with Crippen LogP contribution in [-0.4, -0.2) is 53.9 Å². The van der Waals surface area contributed by atoms with Crippen molar-refractivity contribution in [1.82, 2.24) is 14.8 Å². The fourth-order valence-corrected chi connectivity index (χ4v) is 4.66. The van der Waals surface area contributed by atoms with Crippen LogP contribution in [0.5, 0.6) is 0 Å². The molecule has 1 N–H and O–H groups in total. The fourth-order valence-electron chi connectivity index (χ4n) is 3.68. The lowest BCUT2D eigenvalue weighted by molar-refractivity contribution is -0.115. The molecule has 0 atom stereocenters. The summed E-state index contributed by atoms with van der Waals surface area (Å²) in [6.45, 7) is 7.34. The molecule has 2 heterocycles. The first-order chi connectivity index (χ1) is 15.0. The Morgan fingerprint density at radius 1 is 1.16 bits per heavy atom. The molecule has 1 aliphatic rings. The molecule has 1 aromatic heterocycles. The van der Waals surface area contributed by atoms with Crippen LogP contribution in [0.2, 0.25) is 5.02 Å². The number of carbonyl (C=O) groups excluding carboxylic acids is 1. The summed E-state index contributed by atoms with van der Waals surface area (Å²) in [5, 5.41) is 6.45. The maximum absolute atomic E-state index is 12.5. The molecular formula is C24H27ClN4OS. The largest absolute Gasteiger partial charge is 0.325 e. The second-order valence-electron chi connectivity index (χ2n) is 8.11. The molecule has 3 aromatic rings. The minimum atomic E-state index is -0.0916. The van der Waals surface area contributed by atoms with Gasteiger partial charge in [-0.3, -0.25) is 9.69 Å². The summed E-state index contributed by atoms with van der Waals surface area (Å²) in [5.41, 5.74) is 4.90. The van der Waals surface area contributed by atoms with Gasteiger partial charge in [-0.05, 0) is 43.3 Å². The van der Waals surface area contributed by atoms with Gasteiger partial charge in [-0.1, -0.05) is 35.9 Å². The van der Waals surface area contributed by atoms with E-state index in [0.717, 1.165) is 60.2 Å². The zero-order chi connectivity index (χ0) is 21.8. The van der Waals surface area contributed by atoms with Crippen molar-refractivity contribution >= 4 is 34.5 Å². The monoisotopic (exact) mass is 454 g/mol. The molecule has 1 aliphatic heterocycles. The number of nitrogens with zero attached hydrogens (tertiary/aromatic N) is 3. The van der Waals surface area contributed by atoms with Crippen LogP contribution >= 0.6 is 22.9 Å². The summed E-state index contributed by atoms with van der Waals surface area (Å²) >= 11 is 7.62. The summed E-state index contributed by atoms with van der Waals surface area (Å²) in [5.74, 6) is -0.0916. The molecule has 1 amide bonds. The highest BCUT2D eigenvalue weighted by atomic mass is 35.5. The predicted molar refractivity (Wildman–Crippen MR) is 129 cm³/mol. The minimum absolute atomic E-state index is 0.0916. The van der Waals surface area contributed by atoms with Crippen LogP contribution in [-0.2, 0) is 17.8 Å². The van der Waals surface area contributed by atoms with E-state index in [9.17, 15) is 4.79 Å². The maximum atomic E-state index is 12.5. The maximum Gasteiger partial charge on any atom is 0.230 e. The summed E-state index contributed by atoms with van der Waals surface area (Å²) in [7, 11) is 2.18. The van der Waals surface area contributed by atoms with E-state index < -0.39 is 0 Å². The van der Waals surface area contributed by atoms with E-state index in [-0.39, 0.29) is 12.3 Å². The molecule has 31 heavy (non-hydrogen) atoms. The first-order valence-electron chi connectivity index (χ1n) is 10.5. The first-order valence-corrected chi connectivity index (χ1v) is 11.7. The number of nitrogens with one attached hydrogen (secondary N) is 1. The van der Waals surface area contributed by atoms with Crippen molar-refractivity contribution in [3.05, 3.63) is 69.7 Å². The lowest BCUT2D eigenvalue weighted by atomic mass is 10.1. The smallest absolute Gasteiger partial charge is 0.230 e. The van der Waals surface area contributed by atoms with E-state index in [1.54, 1.807) is 17.4 Å². The Morgan fingerprint density at radius 3 is 2.77 bits per heavy atom. The average Bonchev–Trinajstić information content (AvgIpc) is 3.21. The zero-order valence-electron chi connectivity index (χ0n) is 17.9. The second kappa shape index (κ2) is 9.92. The van der Waals surface area contributed by atoms with Crippen molar-refractivity contribution in [3.63, 3.8) is 0 Å². The van der Waals surface area contributed by atoms with Gasteiger partial charge in [-0.15, -0.1) is 11.3 Å². The number of hydrogen-bond donors (Lipinski definition) is 1. The number of anilines is 1. The molecule has 0 spiro atoms. The van der Waals surface area contributed by atoms with Gasteiger partial charge in [0.05, 0.1) is 12.1 Å². The quantitative estimate of drug-likeness (QED) is 0.586. The lowest BCUT2D eigenvalue weighted by Crippen LogP contribution is -2.43. The molecular weight excluding hydrogens is 428 g/mol. The fraction of sp³-hybridized carbons (Fsp3) is 0.333. The lowest BCUT2D eigenvalue weighted by Gasteiger charge is -2.32. The Morgan fingerprint density at radius 2 is 1.97 bits per heavy atom. The Bertz CT molecular complexity index is 1060. The number of aryl methyl sites for hydroxylation is 1. The molecule has 0 unspecified atom stereocenters. The number of aromatic nitrogens is 1. The molecule has 0 radical (unpaired) electrons. The van der Waals surface area contributed by atoms with Gasteiger partial charge < -0.3 is 10.2 Å². The summed E-state index contributed by atoms with van der Waals surface area (Å²) in [6.07, 6.45) is 0.240. The molecule has 1 saturated heterocycles. The molecule has 1 fully saturated rings. The van der Waals surface area contributed by atoms with E-state index in [1.165, 1.54) is 5.56 Å². The van der Waals surface area contributed by atoms with Crippen LogP contribution in [0.25, 0.3) is 10.6 Å². The summed E-state index contributed by atoms with van der Waals surface area (Å²) in [6, 6.07) is 14.1. The van der Waals surface area contributed by atoms with E-state index in [2.05, 4.69) is 46.4 Å². The van der Waals surface area contributed by atoms with Crippen molar-refractivity contribution in [2.75, 3.05) is 38.5 Å². The van der Waals surface area contributed by atoms with E-state index in [1.807, 2.05) is 24.4 Å². The van der Waals surface area contributed by atoms with Crippen molar-refractivity contribution < 1.29 is 4.79 Å². The van der Waals surface area contributed by atoms with Crippen molar-refractivity contribution in [3.8, 4) is 10.6 Å². The molecule has 2 aromatic carbocycles. The van der Waals surface area contributed by atoms with Gasteiger partial charge in [0, 0.05) is 54.4 Å². The number of carbonyl (C=O) groups is 1. The van der Waals surface area contributed by atoms with Gasteiger partial charge in [-0.2, -0.15) is 0 Å². The number of hydrogen-bond acceptors (Lipinski definition) is 5. The zero-order valence-corrected chi connectivity index (χ0v) is 19.5. The Kier molecular flexibility index (Phi) is 7.02. The van der Waals surface area contributed by atoms with Crippen LogP contribution in [0, 0.1) is 6.92 Å². The molecule has 0 saturated carbocycles. The number of halogens is 1. The van der Waals surface area contributed by atoms with E-state index >= 15 is 0 Å². The third-order valence-corrected chi connectivity index (χ3v) is 6.72. The Labute approximate surface area is 192 Å². The van der Waals surface area contributed by atoms with Crippen molar-refractivity contribution in [1.29, 1.82) is 0 Å². The SMILES string of the molecule is Cc1ccc(Cl)cc1NC(=O)Cc1csc(-c2cccc(CN3CCN(C)CC3)c2)n1. The Balaban J connectivity index is 1.39. The number of rotatable bonds is 6. The highest BCUT2D eigenvalue weighted by Gasteiger charge is 2.15. The topological polar surface area (TPSA) is 48.5 Å². The second-order valence-corrected chi connectivity index (χ2v) is 9.40. The summed E-state index contributed by atoms with van der Waals surface area (Å²) in [4.78, 5) is 22.1. The predicted octanol–water partition coefficient (Wildman–Crippen LogP) is 4.70. The molecule has 0 bridgehead atoms. The van der Waals surface area contributed by atoms with Crippen LogP contribution in [0.3, 0.4) is 0 Å².